The Morgan fingerprint density at radius 1 is 1.21 bits per heavy atom. The summed E-state index contributed by atoms with van der Waals surface area (Å²) in [5.74, 6) is 0.695. The number of hydrogen-bond donors (Lipinski definition) is 2. The molecule has 0 radical (unpaired) electrons. The summed E-state index contributed by atoms with van der Waals surface area (Å²) in [4.78, 5) is 12.4. The summed E-state index contributed by atoms with van der Waals surface area (Å²) in [7, 11) is 0. The van der Waals surface area contributed by atoms with Gasteiger partial charge < -0.3 is 15.8 Å². The number of nitrogens with two attached hydrogens (primary N) is 1. The van der Waals surface area contributed by atoms with Crippen molar-refractivity contribution in [2.24, 2.45) is 0 Å². The zero-order valence-electron chi connectivity index (χ0n) is 16.3. The van der Waals surface area contributed by atoms with Gasteiger partial charge in [-0.1, -0.05) is 30.3 Å². The van der Waals surface area contributed by atoms with E-state index in [2.05, 4.69) is 16.5 Å². The van der Waals surface area contributed by atoms with Crippen LogP contribution in [0.5, 0.6) is 5.75 Å². The van der Waals surface area contributed by atoms with Crippen LogP contribution in [0.2, 0.25) is 0 Å². The summed E-state index contributed by atoms with van der Waals surface area (Å²) >= 11 is 0. The zero-order valence-corrected chi connectivity index (χ0v) is 16.3. The predicted molar refractivity (Wildman–Crippen MR) is 111 cm³/mol. The molecule has 0 aliphatic heterocycles. The highest BCUT2D eigenvalue weighted by Crippen LogP contribution is 2.21. The van der Waals surface area contributed by atoms with Crippen molar-refractivity contribution in [3.05, 3.63) is 71.4 Å². The van der Waals surface area contributed by atoms with Crippen LogP contribution in [0.3, 0.4) is 0 Å². The second-order valence-corrected chi connectivity index (χ2v) is 6.35. The molecule has 0 saturated carbocycles. The molecule has 0 aliphatic carbocycles. The third kappa shape index (κ3) is 4.55. The lowest BCUT2D eigenvalue weighted by molar-refractivity contribution is 0.0949. The molecule has 3 aromatic rings. The molecule has 7 heteroatoms. The van der Waals surface area contributed by atoms with Crippen molar-refractivity contribution in [3.8, 4) is 17.5 Å². The smallest absolute Gasteiger partial charge is 0.255 e. The number of nitrogens with one attached hydrogen (secondary N) is 1. The van der Waals surface area contributed by atoms with E-state index in [0.29, 0.717) is 54.4 Å². The topological polar surface area (TPSA) is 106 Å². The maximum absolute atomic E-state index is 12.4. The molecule has 29 heavy (non-hydrogen) atoms. The molecule has 1 heterocycles. The standard InChI is InChI=1S/C22H23N5O2/c1-2-29-20-13-7-6-11-17(20)22(28)25-14-8-12-19-18(15-23)21(24)27(26-19)16-9-4-3-5-10-16/h3-7,9-11,13H,2,8,12,14,24H2,1H3,(H,25,28). The van der Waals surface area contributed by atoms with Gasteiger partial charge in [0, 0.05) is 6.54 Å². The summed E-state index contributed by atoms with van der Waals surface area (Å²) in [5, 5.41) is 16.9. The first-order chi connectivity index (χ1) is 14.2. The molecule has 1 aromatic heterocycles. The van der Waals surface area contributed by atoms with Gasteiger partial charge in [0.2, 0.25) is 0 Å². The normalized spacial score (nSPS) is 10.3. The van der Waals surface area contributed by atoms with Crippen LogP contribution in [-0.2, 0) is 6.42 Å². The van der Waals surface area contributed by atoms with Gasteiger partial charge in [-0.2, -0.15) is 10.4 Å². The van der Waals surface area contributed by atoms with Crippen molar-refractivity contribution in [3.63, 3.8) is 0 Å². The molecule has 0 spiro atoms. The van der Waals surface area contributed by atoms with Gasteiger partial charge >= 0.3 is 0 Å². The number of hydrogen-bond acceptors (Lipinski definition) is 5. The van der Waals surface area contributed by atoms with Crippen LogP contribution in [0.1, 0.15) is 35.0 Å². The van der Waals surface area contributed by atoms with E-state index in [9.17, 15) is 10.1 Å². The summed E-state index contributed by atoms with van der Waals surface area (Å²) < 4.78 is 7.07. The van der Waals surface area contributed by atoms with Crippen LogP contribution in [0, 0.1) is 11.3 Å². The molecule has 0 saturated heterocycles. The Balaban J connectivity index is 1.63. The maximum Gasteiger partial charge on any atom is 0.255 e. The summed E-state index contributed by atoms with van der Waals surface area (Å²) in [5.41, 5.74) is 8.42. The minimum atomic E-state index is -0.191. The summed E-state index contributed by atoms with van der Waals surface area (Å²) in [6.45, 7) is 2.82. The molecule has 0 unspecified atom stereocenters. The van der Waals surface area contributed by atoms with E-state index in [-0.39, 0.29) is 5.91 Å². The number of amides is 1. The lowest BCUT2D eigenvalue weighted by Gasteiger charge is -2.10. The lowest BCUT2D eigenvalue weighted by atomic mass is 10.1. The highest BCUT2D eigenvalue weighted by molar-refractivity contribution is 5.96. The SMILES string of the molecule is CCOc1ccccc1C(=O)NCCCc1nn(-c2ccccc2)c(N)c1C#N. The number of carbonyl (C=O) groups excluding carboxylic acids is 1. The number of nitrogens with zero attached hydrogens (tertiary/aromatic N) is 3. The quantitative estimate of drug-likeness (QED) is 0.576. The van der Waals surface area contributed by atoms with E-state index >= 15 is 0 Å². The Morgan fingerprint density at radius 2 is 1.93 bits per heavy atom. The number of benzene rings is 2. The van der Waals surface area contributed by atoms with Crippen LogP contribution in [0.25, 0.3) is 5.69 Å². The third-order valence-electron chi connectivity index (χ3n) is 4.41. The summed E-state index contributed by atoms with van der Waals surface area (Å²) in [6.07, 6.45) is 1.16. The molecule has 3 rings (SSSR count). The summed E-state index contributed by atoms with van der Waals surface area (Å²) in [6, 6.07) is 18.7. The molecular weight excluding hydrogens is 366 g/mol. The Bertz CT molecular complexity index is 1020. The van der Waals surface area contributed by atoms with Gasteiger partial charge in [-0.05, 0) is 44.0 Å². The van der Waals surface area contributed by atoms with E-state index in [1.54, 1.807) is 22.9 Å². The molecule has 1 amide bonds. The number of anilines is 1. The molecule has 148 valence electrons. The Hall–Kier alpha value is -3.79. The first-order valence-corrected chi connectivity index (χ1v) is 9.48. The van der Waals surface area contributed by atoms with Gasteiger partial charge in [-0.15, -0.1) is 0 Å². The second kappa shape index (κ2) is 9.42. The Kier molecular flexibility index (Phi) is 6.48. The number of para-hydroxylation sites is 2. The predicted octanol–water partition coefficient (Wildman–Crippen LogP) is 3.09. The number of rotatable bonds is 8. The van der Waals surface area contributed by atoms with Crippen molar-refractivity contribution >= 4 is 11.7 Å². The number of nitriles is 1. The largest absolute Gasteiger partial charge is 0.493 e. The number of ether oxygens (including phenoxy) is 1. The van der Waals surface area contributed by atoms with Gasteiger partial charge in [0.15, 0.2) is 0 Å². The van der Waals surface area contributed by atoms with Gasteiger partial charge in [0.05, 0.1) is 23.6 Å². The third-order valence-corrected chi connectivity index (χ3v) is 4.41. The molecule has 0 bridgehead atoms. The second-order valence-electron chi connectivity index (χ2n) is 6.35. The first kappa shape index (κ1) is 20.0. The van der Waals surface area contributed by atoms with Gasteiger partial charge in [-0.25, -0.2) is 4.68 Å². The van der Waals surface area contributed by atoms with E-state index in [0.717, 1.165) is 5.69 Å². The van der Waals surface area contributed by atoms with Crippen LogP contribution in [0.15, 0.2) is 54.6 Å². The van der Waals surface area contributed by atoms with Crippen molar-refractivity contribution in [1.29, 1.82) is 5.26 Å². The monoisotopic (exact) mass is 389 g/mol. The molecular formula is C22H23N5O2. The van der Waals surface area contributed by atoms with Crippen molar-refractivity contribution in [2.45, 2.75) is 19.8 Å². The number of aryl methyl sites for hydroxylation is 1. The highest BCUT2D eigenvalue weighted by Gasteiger charge is 2.16. The highest BCUT2D eigenvalue weighted by atomic mass is 16.5. The minimum absolute atomic E-state index is 0.191. The fourth-order valence-electron chi connectivity index (χ4n) is 3.03. The van der Waals surface area contributed by atoms with E-state index in [1.807, 2.05) is 43.3 Å². The van der Waals surface area contributed by atoms with Crippen LogP contribution >= 0.6 is 0 Å². The molecule has 0 fully saturated rings. The van der Waals surface area contributed by atoms with Crippen molar-refractivity contribution in [1.82, 2.24) is 15.1 Å². The molecule has 0 atom stereocenters. The fourth-order valence-corrected chi connectivity index (χ4v) is 3.03. The van der Waals surface area contributed by atoms with Crippen LogP contribution < -0.4 is 15.8 Å². The Morgan fingerprint density at radius 3 is 2.66 bits per heavy atom. The average molecular weight is 389 g/mol. The average Bonchev–Trinajstić information content (AvgIpc) is 3.07. The maximum atomic E-state index is 12.4. The number of carbonyl (C=O) groups is 1. The van der Waals surface area contributed by atoms with Gasteiger partial charge in [-0.3, -0.25) is 4.79 Å². The zero-order chi connectivity index (χ0) is 20.6. The Labute approximate surface area is 169 Å². The minimum Gasteiger partial charge on any atom is -0.493 e. The lowest BCUT2D eigenvalue weighted by Crippen LogP contribution is -2.25. The first-order valence-electron chi connectivity index (χ1n) is 9.48. The molecule has 3 N–H and O–H groups in total. The molecule has 0 aliphatic rings. The van der Waals surface area contributed by atoms with Crippen LogP contribution in [0.4, 0.5) is 5.82 Å². The van der Waals surface area contributed by atoms with Crippen LogP contribution in [-0.4, -0.2) is 28.8 Å². The van der Waals surface area contributed by atoms with Gasteiger partial charge in [0.1, 0.15) is 23.2 Å². The fraction of sp³-hybridized carbons (Fsp3) is 0.227. The van der Waals surface area contributed by atoms with Gasteiger partial charge in [0.25, 0.3) is 5.91 Å². The van der Waals surface area contributed by atoms with Crippen molar-refractivity contribution < 1.29 is 9.53 Å². The van der Waals surface area contributed by atoms with E-state index < -0.39 is 0 Å². The molecule has 2 aromatic carbocycles. The van der Waals surface area contributed by atoms with Crippen molar-refractivity contribution in [2.75, 3.05) is 18.9 Å². The van der Waals surface area contributed by atoms with E-state index in [4.69, 9.17) is 10.5 Å². The number of nitrogen functional groups attached to an aromatic ring is 1. The van der Waals surface area contributed by atoms with E-state index in [1.165, 1.54) is 0 Å². The number of aromatic nitrogens is 2. The molecule has 7 nitrogen and oxygen atoms in total.